The van der Waals surface area contributed by atoms with Crippen LogP contribution in [0.25, 0.3) is 54.4 Å². The van der Waals surface area contributed by atoms with E-state index >= 15 is 0 Å². The number of aliphatic hydroxyl groups is 1. The summed E-state index contributed by atoms with van der Waals surface area (Å²) in [4.78, 5) is 28.3. The van der Waals surface area contributed by atoms with Crippen molar-refractivity contribution in [1.82, 2.24) is 24.0 Å². The Morgan fingerprint density at radius 3 is 2.05 bits per heavy atom. The average molecular weight is 754 g/mol. The Balaban J connectivity index is 0.000000209. The van der Waals surface area contributed by atoms with Crippen LogP contribution < -0.4 is 10.9 Å². The number of hydrogen-bond acceptors (Lipinski definition) is 6. The number of halogens is 2. The number of ether oxygens (including phenoxy) is 2. The highest BCUT2D eigenvalue weighted by molar-refractivity contribution is 6.20. The van der Waals surface area contributed by atoms with E-state index in [2.05, 4.69) is 31.6 Å². The molecule has 4 heterocycles. The molecule has 0 spiro atoms. The first-order valence-electron chi connectivity index (χ1n) is 18.8. The molecule has 0 aliphatic carbocycles. The van der Waals surface area contributed by atoms with E-state index < -0.39 is 5.60 Å². The van der Waals surface area contributed by atoms with Gasteiger partial charge in [0, 0.05) is 82.8 Å². The van der Waals surface area contributed by atoms with Crippen LogP contribution in [-0.2, 0) is 39.5 Å². The minimum atomic E-state index is -0.976. The van der Waals surface area contributed by atoms with Crippen molar-refractivity contribution in [1.29, 1.82) is 0 Å². The van der Waals surface area contributed by atoms with Crippen LogP contribution in [-0.4, -0.2) is 76.0 Å². The van der Waals surface area contributed by atoms with Gasteiger partial charge in [0.1, 0.15) is 5.60 Å². The van der Waals surface area contributed by atoms with Gasteiger partial charge in [0.2, 0.25) is 5.91 Å². The van der Waals surface area contributed by atoms with Gasteiger partial charge in [0.25, 0.3) is 5.56 Å². The normalized spacial score (nSPS) is 11.9. The molecule has 7 aromatic rings. The number of aryl methyl sites for hydroxylation is 2. The van der Waals surface area contributed by atoms with Crippen LogP contribution >= 0.6 is 0 Å². The van der Waals surface area contributed by atoms with Gasteiger partial charge >= 0.3 is 0 Å². The van der Waals surface area contributed by atoms with Crippen LogP contribution in [0.5, 0.6) is 0 Å². The average Bonchev–Trinajstić information content (AvgIpc) is 3.68. The summed E-state index contributed by atoms with van der Waals surface area (Å²) in [6, 6.07) is 23.9. The maximum atomic E-state index is 13.2. The quantitative estimate of drug-likeness (QED) is 0.0995. The van der Waals surface area contributed by atoms with Crippen molar-refractivity contribution in [3.63, 3.8) is 0 Å². The SMILES string of the molecule is CC(=O)NCCOCCOCCn1ccc2c(ccc3c2c2ccccc2n3CCCF)c1=O.CC(C)(O)c1cc2c3ccccc3n(CCCF)c2cn1. The number of benzene rings is 3. The van der Waals surface area contributed by atoms with Crippen LogP contribution in [0.15, 0.2) is 90.0 Å². The highest BCUT2D eigenvalue weighted by Crippen LogP contribution is 2.34. The number of amides is 1. The van der Waals surface area contributed by atoms with E-state index in [4.69, 9.17) is 9.47 Å². The number of alkyl halides is 2. The zero-order valence-electron chi connectivity index (χ0n) is 31.7. The van der Waals surface area contributed by atoms with Crippen molar-refractivity contribution >= 4 is 60.3 Å². The van der Waals surface area contributed by atoms with Crippen LogP contribution in [0.4, 0.5) is 8.78 Å². The van der Waals surface area contributed by atoms with Gasteiger partial charge in [-0.1, -0.05) is 36.4 Å². The van der Waals surface area contributed by atoms with E-state index in [0.29, 0.717) is 76.5 Å². The summed E-state index contributed by atoms with van der Waals surface area (Å²) < 4.78 is 42.3. The summed E-state index contributed by atoms with van der Waals surface area (Å²) in [5.41, 5.74) is 3.74. The first kappa shape index (κ1) is 39.5. The van der Waals surface area contributed by atoms with Gasteiger partial charge in [0.05, 0.1) is 57.2 Å². The molecule has 2 N–H and O–H groups in total. The molecule has 0 aliphatic rings. The van der Waals surface area contributed by atoms with Crippen molar-refractivity contribution < 1.29 is 28.2 Å². The molecule has 55 heavy (non-hydrogen) atoms. The Morgan fingerprint density at radius 2 is 1.38 bits per heavy atom. The lowest BCUT2D eigenvalue weighted by Gasteiger charge is -2.16. The zero-order valence-corrected chi connectivity index (χ0v) is 31.7. The van der Waals surface area contributed by atoms with Crippen molar-refractivity contribution in [3.05, 3.63) is 101 Å². The van der Waals surface area contributed by atoms with E-state index in [9.17, 15) is 23.5 Å². The molecule has 10 nitrogen and oxygen atoms in total. The molecule has 1 amide bonds. The third-order valence-electron chi connectivity index (χ3n) is 9.68. The molecule has 0 saturated carbocycles. The van der Waals surface area contributed by atoms with Gasteiger partial charge in [-0.2, -0.15) is 0 Å². The van der Waals surface area contributed by atoms with Gasteiger partial charge in [-0.25, -0.2) is 0 Å². The summed E-state index contributed by atoms with van der Waals surface area (Å²) in [5.74, 6) is -0.0797. The molecule has 290 valence electrons. The molecule has 0 atom stereocenters. The Hall–Kier alpha value is -5.17. The number of fused-ring (bicyclic) bond motifs is 8. The Morgan fingerprint density at radius 1 is 0.745 bits per heavy atom. The third kappa shape index (κ3) is 8.88. The van der Waals surface area contributed by atoms with Gasteiger partial charge in [-0.15, -0.1) is 0 Å². The molecular weight excluding hydrogens is 704 g/mol. The van der Waals surface area contributed by atoms with E-state index in [1.165, 1.54) is 6.92 Å². The fraction of sp³-hybridized carbons (Fsp3) is 0.372. The molecule has 0 unspecified atom stereocenters. The highest BCUT2D eigenvalue weighted by Gasteiger charge is 2.20. The molecule has 0 bridgehead atoms. The predicted molar refractivity (Wildman–Crippen MR) is 215 cm³/mol. The first-order chi connectivity index (χ1) is 26.6. The Labute approximate surface area is 318 Å². The fourth-order valence-electron chi connectivity index (χ4n) is 7.07. The smallest absolute Gasteiger partial charge is 0.258 e. The summed E-state index contributed by atoms with van der Waals surface area (Å²) in [7, 11) is 0. The van der Waals surface area contributed by atoms with E-state index in [0.717, 1.165) is 49.0 Å². The molecule has 7 rings (SSSR count). The van der Waals surface area contributed by atoms with Gasteiger partial charge in [-0.05, 0) is 68.5 Å². The molecule has 0 aliphatic heterocycles. The summed E-state index contributed by atoms with van der Waals surface area (Å²) in [6.07, 6.45) is 4.53. The van der Waals surface area contributed by atoms with Crippen molar-refractivity contribution in [3.8, 4) is 0 Å². The molecule has 4 aromatic heterocycles. The van der Waals surface area contributed by atoms with Crippen molar-refractivity contribution in [2.45, 2.75) is 58.8 Å². The number of nitrogens with one attached hydrogen (secondary N) is 1. The number of carbonyl (C=O) groups is 1. The molecule has 12 heteroatoms. The zero-order chi connectivity index (χ0) is 39.0. The monoisotopic (exact) mass is 753 g/mol. The number of rotatable bonds is 16. The fourth-order valence-corrected chi connectivity index (χ4v) is 7.07. The molecule has 0 fully saturated rings. The summed E-state index contributed by atoms with van der Waals surface area (Å²) >= 11 is 0. The number of pyridine rings is 2. The van der Waals surface area contributed by atoms with Crippen LogP contribution in [0.2, 0.25) is 0 Å². The van der Waals surface area contributed by atoms with Crippen LogP contribution in [0.3, 0.4) is 0 Å². The second-order valence-electron chi connectivity index (χ2n) is 14.0. The van der Waals surface area contributed by atoms with E-state index in [-0.39, 0.29) is 24.8 Å². The number of carbonyl (C=O) groups excluding carboxylic acids is 1. The molecule has 0 radical (unpaired) electrons. The maximum absolute atomic E-state index is 13.2. The summed E-state index contributed by atoms with van der Waals surface area (Å²) in [5, 5.41) is 18.6. The Kier molecular flexibility index (Phi) is 12.9. The number of hydrogen-bond donors (Lipinski definition) is 2. The number of para-hydroxylation sites is 2. The Bertz CT molecular complexity index is 2460. The van der Waals surface area contributed by atoms with Crippen molar-refractivity contribution in [2.24, 2.45) is 0 Å². The first-order valence-corrected chi connectivity index (χ1v) is 18.8. The topological polar surface area (TPSA) is 113 Å². The molecule has 0 saturated heterocycles. The van der Waals surface area contributed by atoms with Gasteiger partial charge in [-0.3, -0.25) is 23.4 Å². The molecular formula is C43H49F2N5O5. The lowest BCUT2D eigenvalue weighted by atomic mass is 10.0. The number of aromatic nitrogens is 4. The number of nitrogens with zero attached hydrogens (tertiary/aromatic N) is 4. The van der Waals surface area contributed by atoms with E-state index in [1.54, 1.807) is 24.6 Å². The highest BCUT2D eigenvalue weighted by atomic mass is 19.1. The second-order valence-corrected chi connectivity index (χ2v) is 14.0. The lowest BCUT2D eigenvalue weighted by Crippen LogP contribution is -2.25. The van der Waals surface area contributed by atoms with Crippen molar-refractivity contribution in [2.75, 3.05) is 46.3 Å². The van der Waals surface area contributed by atoms with Crippen LogP contribution in [0.1, 0.15) is 39.3 Å². The molecule has 3 aromatic carbocycles. The second kappa shape index (κ2) is 18.0. The van der Waals surface area contributed by atoms with Crippen LogP contribution in [0, 0.1) is 0 Å². The lowest BCUT2D eigenvalue weighted by molar-refractivity contribution is -0.119. The largest absolute Gasteiger partial charge is 0.384 e. The van der Waals surface area contributed by atoms with Gasteiger partial charge in [0.15, 0.2) is 0 Å². The van der Waals surface area contributed by atoms with E-state index in [1.807, 2.05) is 66.9 Å². The maximum Gasteiger partial charge on any atom is 0.258 e. The minimum absolute atomic E-state index is 0.0600. The predicted octanol–water partition coefficient (Wildman–Crippen LogP) is 7.41. The summed E-state index contributed by atoms with van der Waals surface area (Å²) in [6.45, 7) is 8.04. The minimum Gasteiger partial charge on any atom is -0.384 e. The standard InChI is InChI=1S/C26H30FN3O4.C17H19FN2O/c1-19(31)28-11-15-33-17-18-34-16-14-29-13-9-20-21(26(29)32)7-8-24-25(20)22-5-2-3-6-23(22)30(24)12-4-10-27;1-17(2,21)16-10-13-12-6-3-4-7-14(12)20(9-5-8-18)15(13)11-19-16/h2-3,5-9,13H,4,10-12,14-18H2,1H3,(H,28,31);3-4,6-7,10-11,21H,5,8-9H2,1-2H3. The third-order valence-corrected chi connectivity index (χ3v) is 9.68. The van der Waals surface area contributed by atoms with Gasteiger partial charge < -0.3 is 33.6 Å².